The van der Waals surface area contributed by atoms with E-state index >= 15 is 0 Å². The number of benzene rings is 1. The molecule has 0 spiro atoms. The third-order valence-corrected chi connectivity index (χ3v) is 6.21. The van der Waals surface area contributed by atoms with Gasteiger partial charge in [0.15, 0.2) is 0 Å². The molecule has 1 atom stereocenters. The molecule has 1 amide bonds. The Morgan fingerprint density at radius 1 is 1.26 bits per heavy atom. The van der Waals surface area contributed by atoms with Crippen molar-refractivity contribution in [1.82, 2.24) is 15.2 Å². The summed E-state index contributed by atoms with van der Waals surface area (Å²) >= 11 is 0. The fourth-order valence-corrected chi connectivity index (χ4v) is 4.71. The second-order valence-electron chi connectivity index (χ2n) is 9.19. The summed E-state index contributed by atoms with van der Waals surface area (Å²) in [5.41, 5.74) is 4.37. The largest absolute Gasteiger partial charge is 0.377 e. The maximum Gasteiger partial charge on any atom is 0.228 e. The molecule has 1 fully saturated rings. The van der Waals surface area contributed by atoms with Crippen LogP contribution in [0.2, 0.25) is 0 Å². The third-order valence-electron chi connectivity index (χ3n) is 6.21. The first-order valence-corrected chi connectivity index (χ1v) is 11.3. The third kappa shape index (κ3) is 5.41. The molecule has 164 valence electrons. The fraction of sp³-hybridized carbons (Fsp3) is 0.462. The molecule has 5 heteroatoms. The Labute approximate surface area is 185 Å². The van der Waals surface area contributed by atoms with Gasteiger partial charge in [-0.2, -0.15) is 0 Å². The first kappa shape index (κ1) is 21.7. The van der Waals surface area contributed by atoms with E-state index in [1.807, 2.05) is 26.1 Å². The molecule has 1 unspecified atom stereocenters. The molecule has 1 saturated heterocycles. The standard InChI is InChI=1S/C26H33N3O2/c1-20(2)28-25(30)26(10-12-29(19-26)17-22-7-5-13-31-18-22)15-21-6-3-8-23(14-21)24-9-4-11-27-16-24/h3-4,6-9,11,14,16,20H,5,10,12-13,15,17-19H2,1-2H3,(H,28,30). The second-order valence-corrected chi connectivity index (χ2v) is 9.19. The summed E-state index contributed by atoms with van der Waals surface area (Å²) < 4.78 is 5.62. The molecule has 1 N–H and O–H groups in total. The van der Waals surface area contributed by atoms with Gasteiger partial charge in [0.1, 0.15) is 0 Å². The summed E-state index contributed by atoms with van der Waals surface area (Å²) in [7, 11) is 0. The maximum absolute atomic E-state index is 13.4. The molecule has 0 saturated carbocycles. The first-order valence-electron chi connectivity index (χ1n) is 11.3. The molecule has 0 radical (unpaired) electrons. The number of rotatable bonds is 7. The second kappa shape index (κ2) is 9.75. The van der Waals surface area contributed by atoms with Crippen molar-refractivity contribution in [1.29, 1.82) is 0 Å². The summed E-state index contributed by atoms with van der Waals surface area (Å²) in [6, 6.07) is 12.7. The quantitative estimate of drug-likeness (QED) is 0.693. The predicted octanol–water partition coefficient (Wildman–Crippen LogP) is 3.85. The number of ether oxygens (including phenoxy) is 1. The van der Waals surface area contributed by atoms with Crippen molar-refractivity contribution in [2.75, 3.05) is 32.8 Å². The Balaban J connectivity index is 1.55. The van der Waals surface area contributed by atoms with Crippen LogP contribution in [-0.4, -0.2) is 54.7 Å². The molecular formula is C26H33N3O2. The van der Waals surface area contributed by atoms with E-state index in [9.17, 15) is 4.79 Å². The molecule has 2 aliphatic heterocycles. The number of carbonyl (C=O) groups excluding carboxylic acids is 1. The van der Waals surface area contributed by atoms with Gasteiger partial charge in [0.05, 0.1) is 18.6 Å². The van der Waals surface area contributed by atoms with Gasteiger partial charge in [0, 0.05) is 31.5 Å². The van der Waals surface area contributed by atoms with Crippen molar-refractivity contribution in [3.8, 4) is 11.1 Å². The zero-order chi connectivity index (χ0) is 21.7. The van der Waals surface area contributed by atoms with E-state index < -0.39 is 5.41 Å². The Kier molecular flexibility index (Phi) is 6.83. The predicted molar refractivity (Wildman–Crippen MR) is 124 cm³/mol. The molecule has 31 heavy (non-hydrogen) atoms. The van der Waals surface area contributed by atoms with Gasteiger partial charge in [-0.25, -0.2) is 0 Å². The average molecular weight is 420 g/mol. The van der Waals surface area contributed by atoms with E-state index in [-0.39, 0.29) is 11.9 Å². The number of carbonyl (C=O) groups is 1. The molecule has 0 bridgehead atoms. The van der Waals surface area contributed by atoms with Crippen LogP contribution in [0.1, 0.15) is 32.3 Å². The number of pyridine rings is 1. The zero-order valence-electron chi connectivity index (χ0n) is 18.6. The summed E-state index contributed by atoms with van der Waals surface area (Å²) in [5, 5.41) is 3.20. The van der Waals surface area contributed by atoms with Crippen molar-refractivity contribution < 1.29 is 9.53 Å². The highest BCUT2D eigenvalue weighted by Crippen LogP contribution is 2.36. The molecule has 0 aliphatic carbocycles. The Morgan fingerprint density at radius 3 is 2.87 bits per heavy atom. The van der Waals surface area contributed by atoms with Crippen LogP contribution in [0.4, 0.5) is 0 Å². The van der Waals surface area contributed by atoms with Gasteiger partial charge >= 0.3 is 0 Å². The summed E-state index contributed by atoms with van der Waals surface area (Å²) in [4.78, 5) is 20.1. The molecule has 5 nitrogen and oxygen atoms in total. The molecular weight excluding hydrogens is 386 g/mol. The minimum Gasteiger partial charge on any atom is -0.377 e. The van der Waals surface area contributed by atoms with E-state index in [0.29, 0.717) is 0 Å². The lowest BCUT2D eigenvalue weighted by atomic mass is 9.79. The SMILES string of the molecule is CC(C)NC(=O)C1(Cc2cccc(-c3cccnc3)c2)CCN(CC2=CCCOC2)C1. The summed E-state index contributed by atoms with van der Waals surface area (Å²) in [5.74, 6) is 0.172. The van der Waals surface area contributed by atoms with Gasteiger partial charge in [-0.15, -0.1) is 0 Å². The number of hydrogen-bond acceptors (Lipinski definition) is 4. The Bertz CT molecular complexity index is 925. The van der Waals surface area contributed by atoms with Crippen LogP contribution in [0.5, 0.6) is 0 Å². The molecule has 1 aromatic carbocycles. The van der Waals surface area contributed by atoms with Crippen molar-refractivity contribution in [3.05, 3.63) is 66.0 Å². The smallest absolute Gasteiger partial charge is 0.228 e. The van der Waals surface area contributed by atoms with E-state index in [2.05, 4.69) is 51.6 Å². The number of amides is 1. The first-order chi connectivity index (χ1) is 15.0. The number of likely N-dealkylation sites (tertiary alicyclic amines) is 1. The molecule has 2 aliphatic rings. The molecule has 1 aromatic heterocycles. The van der Waals surface area contributed by atoms with Crippen LogP contribution in [0.3, 0.4) is 0 Å². The number of hydrogen-bond donors (Lipinski definition) is 1. The van der Waals surface area contributed by atoms with E-state index in [1.165, 1.54) is 11.1 Å². The average Bonchev–Trinajstić information content (AvgIpc) is 3.18. The lowest BCUT2D eigenvalue weighted by Gasteiger charge is -2.30. The van der Waals surface area contributed by atoms with Crippen LogP contribution in [0.25, 0.3) is 11.1 Å². The van der Waals surface area contributed by atoms with E-state index in [0.717, 1.165) is 63.2 Å². The van der Waals surface area contributed by atoms with Crippen LogP contribution >= 0.6 is 0 Å². The van der Waals surface area contributed by atoms with Crippen molar-refractivity contribution in [2.24, 2.45) is 5.41 Å². The van der Waals surface area contributed by atoms with Gasteiger partial charge in [0.2, 0.25) is 5.91 Å². The molecule has 4 rings (SSSR count). The van der Waals surface area contributed by atoms with Crippen molar-refractivity contribution >= 4 is 5.91 Å². The number of nitrogens with one attached hydrogen (secondary N) is 1. The topological polar surface area (TPSA) is 54.5 Å². The summed E-state index contributed by atoms with van der Waals surface area (Å²) in [6.45, 7) is 8.21. The van der Waals surface area contributed by atoms with Gasteiger partial charge in [-0.05, 0) is 68.0 Å². The highest BCUT2D eigenvalue weighted by molar-refractivity contribution is 5.84. The Morgan fingerprint density at radius 2 is 2.13 bits per heavy atom. The minimum absolute atomic E-state index is 0.134. The number of nitrogens with zero attached hydrogens (tertiary/aromatic N) is 2. The summed E-state index contributed by atoms with van der Waals surface area (Å²) in [6.07, 6.45) is 8.58. The lowest BCUT2D eigenvalue weighted by Crippen LogP contribution is -2.47. The number of aromatic nitrogens is 1. The normalized spacial score (nSPS) is 21.8. The highest BCUT2D eigenvalue weighted by atomic mass is 16.5. The van der Waals surface area contributed by atoms with Gasteiger partial charge in [-0.3, -0.25) is 14.7 Å². The van der Waals surface area contributed by atoms with E-state index in [4.69, 9.17) is 4.74 Å². The van der Waals surface area contributed by atoms with Crippen LogP contribution in [0, 0.1) is 5.41 Å². The minimum atomic E-state index is -0.409. The van der Waals surface area contributed by atoms with Crippen molar-refractivity contribution in [2.45, 2.75) is 39.2 Å². The fourth-order valence-electron chi connectivity index (χ4n) is 4.71. The lowest BCUT2D eigenvalue weighted by molar-refractivity contribution is -0.131. The van der Waals surface area contributed by atoms with Gasteiger partial charge in [0.25, 0.3) is 0 Å². The molecule has 3 heterocycles. The van der Waals surface area contributed by atoms with Crippen LogP contribution in [-0.2, 0) is 16.0 Å². The zero-order valence-corrected chi connectivity index (χ0v) is 18.6. The van der Waals surface area contributed by atoms with Gasteiger partial charge in [-0.1, -0.05) is 36.4 Å². The Hall–Kier alpha value is -2.50. The van der Waals surface area contributed by atoms with Crippen LogP contribution in [0.15, 0.2) is 60.4 Å². The van der Waals surface area contributed by atoms with Crippen molar-refractivity contribution in [3.63, 3.8) is 0 Å². The maximum atomic E-state index is 13.4. The van der Waals surface area contributed by atoms with Gasteiger partial charge < -0.3 is 10.1 Å². The monoisotopic (exact) mass is 419 g/mol. The van der Waals surface area contributed by atoms with E-state index in [1.54, 1.807) is 6.20 Å². The molecule has 2 aromatic rings. The van der Waals surface area contributed by atoms with Crippen LogP contribution < -0.4 is 5.32 Å². The highest BCUT2D eigenvalue weighted by Gasteiger charge is 2.44.